The molecule has 1 rings (SSSR count). The molecule has 15 heavy (non-hydrogen) atoms. The standard InChI is InChI=1S/C13H19NO/c1-13(2,3)9-11(15)8-10-6-4-5-7-12(10)14/h4-7H,8-9,14H2,1-3H3. The normalized spacial score (nSPS) is 11.4. The van der Waals surface area contributed by atoms with E-state index in [1.807, 2.05) is 24.3 Å². The highest BCUT2D eigenvalue weighted by atomic mass is 16.1. The lowest BCUT2D eigenvalue weighted by molar-refractivity contribution is -0.120. The zero-order valence-electron chi connectivity index (χ0n) is 9.71. The first-order valence-electron chi connectivity index (χ1n) is 5.23. The molecule has 1 aromatic rings. The van der Waals surface area contributed by atoms with E-state index < -0.39 is 0 Å². The van der Waals surface area contributed by atoms with Gasteiger partial charge in [0.1, 0.15) is 5.78 Å². The Morgan fingerprint density at radius 1 is 1.27 bits per heavy atom. The average Bonchev–Trinajstić information content (AvgIpc) is 2.05. The second kappa shape index (κ2) is 4.47. The van der Waals surface area contributed by atoms with Gasteiger partial charge < -0.3 is 5.73 Å². The van der Waals surface area contributed by atoms with E-state index in [0.717, 1.165) is 5.56 Å². The predicted octanol–water partition coefficient (Wildman–Crippen LogP) is 2.82. The number of para-hydroxylation sites is 1. The maximum absolute atomic E-state index is 11.7. The van der Waals surface area contributed by atoms with Crippen molar-refractivity contribution in [3.05, 3.63) is 29.8 Å². The molecule has 0 bridgehead atoms. The number of rotatable bonds is 3. The minimum absolute atomic E-state index is 0.0562. The van der Waals surface area contributed by atoms with Crippen molar-refractivity contribution >= 4 is 11.5 Å². The Bertz CT molecular complexity index is 350. The molecule has 0 saturated carbocycles. The van der Waals surface area contributed by atoms with Gasteiger partial charge in [0.25, 0.3) is 0 Å². The summed E-state index contributed by atoms with van der Waals surface area (Å²) in [5.41, 5.74) is 7.48. The lowest BCUT2D eigenvalue weighted by Gasteiger charge is -2.16. The molecule has 0 fully saturated rings. The summed E-state index contributed by atoms with van der Waals surface area (Å²) < 4.78 is 0. The highest BCUT2D eigenvalue weighted by Gasteiger charge is 2.16. The fourth-order valence-corrected chi connectivity index (χ4v) is 1.56. The van der Waals surface area contributed by atoms with Crippen molar-refractivity contribution in [2.75, 3.05) is 5.73 Å². The number of Topliss-reactive ketones (excluding diaryl/α,β-unsaturated/α-hetero) is 1. The summed E-state index contributed by atoms with van der Waals surface area (Å²) in [6.45, 7) is 6.21. The molecule has 1 aromatic carbocycles. The van der Waals surface area contributed by atoms with Crippen LogP contribution < -0.4 is 5.73 Å². The minimum Gasteiger partial charge on any atom is -0.398 e. The van der Waals surface area contributed by atoms with Crippen LogP contribution in [0.3, 0.4) is 0 Å². The highest BCUT2D eigenvalue weighted by molar-refractivity contribution is 5.82. The van der Waals surface area contributed by atoms with Crippen LogP contribution in [0.5, 0.6) is 0 Å². The summed E-state index contributed by atoms with van der Waals surface area (Å²) in [5, 5.41) is 0. The van der Waals surface area contributed by atoms with E-state index in [1.54, 1.807) is 0 Å². The third-order valence-electron chi connectivity index (χ3n) is 2.17. The van der Waals surface area contributed by atoms with Crippen molar-refractivity contribution < 1.29 is 4.79 Å². The smallest absolute Gasteiger partial charge is 0.137 e. The van der Waals surface area contributed by atoms with Crippen LogP contribution >= 0.6 is 0 Å². The fraction of sp³-hybridized carbons (Fsp3) is 0.462. The number of carbonyl (C=O) groups excluding carboxylic acids is 1. The Kier molecular flexibility index (Phi) is 3.51. The third kappa shape index (κ3) is 4.15. The monoisotopic (exact) mass is 205 g/mol. The highest BCUT2D eigenvalue weighted by Crippen LogP contribution is 2.21. The SMILES string of the molecule is CC(C)(C)CC(=O)Cc1ccccc1N. The van der Waals surface area contributed by atoms with Crippen LogP contribution in [0.4, 0.5) is 5.69 Å². The first kappa shape index (κ1) is 11.8. The largest absolute Gasteiger partial charge is 0.398 e. The molecule has 0 unspecified atom stereocenters. The van der Waals surface area contributed by atoms with Gasteiger partial charge >= 0.3 is 0 Å². The summed E-state index contributed by atoms with van der Waals surface area (Å²) in [5.74, 6) is 0.250. The van der Waals surface area contributed by atoms with E-state index >= 15 is 0 Å². The molecule has 0 amide bonds. The van der Waals surface area contributed by atoms with Crippen LogP contribution in [0, 0.1) is 5.41 Å². The van der Waals surface area contributed by atoms with Crippen molar-refractivity contribution in [2.24, 2.45) is 5.41 Å². The number of carbonyl (C=O) groups is 1. The first-order valence-corrected chi connectivity index (χ1v) is 5.23. The second-order valence-electron chi connectivity index (χ2n) is 5.15. The van der Waals surface area contributed by atoms with E-state index in [4.69, 9.17) is 5.73 Å². The Balaban J connectivity index is 2.64. The topological polar surface area (TPSA) is 43.1 Å². The average molecular weight is 205 g/mol. The van der Waals surface area contributed by atoms with Gasteiger partial charge in [-0.1, -0.05) is 39.0 Å². The van der Waals surface area contributed by atoms with Crippen molar-refractivity contribution in [1.29, 1.82) is 0 Å². The number of anilines is 1. The number of benzene rings is 1. The van der Waals surface area contributed by atoms with Gasteiger partial charge in [0.2, 0.25) is 0 Å². The molecule has 0 aliphatic heterocycles. The number of hydrogen-bond donors (Lipinski definition) is 1. The maximum Gasteiger partial charge on any atom is 0.137 e. The van der Waals surface area contributed by atoms with E-state index in [2.05, 4.69) is 20.8 Å². The lowest BCUT2D eigenvalue weighted by atomic mass is 9.88. The zero-order valence-corrected chi connectivity index (χ0v) is 9.71. The van der Waals surface area contributed by atoms with E-state index in [0.29, 0.717) is 18.5 Å². The van der Waals surface area contributed by atoms with E-state index in [9.17, 15) is 4.79 Å². The van der Waals surface area contributed by atoms with Gasteiger partial charge in [-0.3, -0.25) is 4.79 Å². The van der Waals surface area contributed by atoms with Gasteiger partial charge in [0.15, 0.2) is 0 Å². The summed E-state index contributed by atoms with van der Waals surface area (Å²) in [6.07, 6.45) is 1.05. The molecule has 82 valence electrons. The summed E-state index contributed by atoms with van der Waals surface area (Å²) in [4.78, 5) is 11.7. The Morgan fingerprint density at radius 3 is 2.40 bits per heavy atom. The number of nitrogens with two attached hydrogens (primary N) is 1. The molecule has 0 aliphatic rings. The predicted molar refractivity (Wildman–Crippen MR) is 63.6 cm³/mol. The van der Waals surface area contributed by atoms with Crippen LogP contribution in [0.15, 0.2) is 24.3 Å². The summed E-state index contributed by atoms with van der Waals surface area (Å²) in [6, 6.07) is 7.54. The van der Waals surface area contributed by atoms with Crippen LogP contribution in [-0.2, 0) is 11.2 Å². The van der Waals surface area contributed by atoms with Gasteiger partial charge in [-0.05, 0) is 17.0 Å². The summed E-state index contributed by atoms with van der Waals surface area (Å²) >= 11 is 0. The molecule has 0 saturated heterocycles. The lowest BCUT2D eigenvalue weighted by Crippen LogP contribution is -2.15. The summed E-state index contributed by atoms with van der Waals surface area (Å²) in [7, 11) is 0. The Hall–Kier alpha value is -1.31. The van der Waals surface area contributed by atoms with Crippen LogP contribution in [0.1, 0.15) is 32.8 Å². The molecule has 0 aromatic heterocycles. The van der Waals surface area contributed by atoms with Gasteiger partial charge in [0.05, 0.1) is 0 Å². The molecule has 2 heteroatoms. The van der Waals surface area contributed by atoms with Crippen LogP contribution in [-0.4, -0.2) is 5.78 Å². The number of nitrogen functional groups attached to an aromatic ring is 1. The number of hydrogen-bond acceptors (Lipinski definition) is 2. The third-order valence-corrected chi connectivity index (χ3v) is 2.17. The van der Waals surface area contributed by atoms with E-state index in [-0.39, 0.29) is 11.2 Å². The molecule has 2 nitrogen and oxygen atoms in total. The van der Waals surface area contributed by atoms with Crippen LogP contribution in [0.25, 0.3) is 0 Å². The van der Waals surface area contributed by atoms with Gasteiger partial charge in [-0.25, -0.2) is 0 Å². The molecule has 0 aliphatic carbocycles. The minimum atomic E-state index is 0.0562. The molecule has 2 N–H and O–H groups in total. The number of ketones is 1. The molecular weight excluding hydrogens is 186 g/mol. The zero-order chi connectivity index (χ0) is 11.5. The molecule has 0 atom stereocenters. The second-order valence-corrected chi connectivity index (χ2v) is 5.15. The van der Waals surface area contributed by atoms with Crippen molar-refractivity contribution in [2.45, 2.75) is 33.6 Å². The van der Waals surface area contributed by atoms with Gasteiger partial charge in [0, 0.05) is 18.5 Å². The molecule has 0 spiro atoms. The maximum atomic E-state index is 11.7. The van der Waals surface area contributed by atoms with Crippen molar-refractivity contribution in [1.82, 2.24) is 0 Å². The fourth-order valence-electron chi connectivity index (χ4n) is 1.56. The quantitative estimate of drug-likeness (QED) is 0.771. The Morgan fingerprint density at radius 2 is 1.87 bits per heavy atom. The van der Waals surface area contributed by atoms with Crippen LogP contribution in [0.2, 0.25) is 0 Å². The molecule has 0 heterocycles. The van der Waals surface area contributed by atoms with Crippen molar-refractivity contribution in [3.63, 3.8) is 0 Å². The molecular formula is C13H19NO. The Labute approximate surface area is 91.5 Å². The first-order chi connectivity index (χ1) is 6.88. The van der Waals surface area contributed by atoms with Gasteiger partial charge in [-0.2, -0.15) is 0 Å². The molecule has 0 radical (unpaired) electrons. The van der Waals surface area contributed by atoms with Crippen molar-refractivity contribution in [3.8, 4) is 0 Å². The van der Waals surface area contributed by atoms with Gasteiger partial charge in [-0.15, -0.1) is 0 Å². The van der Waals surface area contributed by atoms with E-state index in [1.165, 1.54) is 0 Å².